The summed E-state index contributed by atoms with van der Waals surface area (Å²) in [6.45, 7) is 6.66. The number of rotatable bonds is 6. The molecule has 2 rings (SSSR count). The van der Waals surface area contributed by atoms with Crippen molar-refractivity contribution in [2.75, 3.05) is 31.5 Å². The van der Waals surface area contributed by atoms with Gasteiger partial charge in [0.25, 0.3) is 0 Å². The zero-order valence-electron chi connectivity index (χ0n) is 11.4. The number of carboxylic acids is 1. The van der Waals surface area contributed by atoms with E-state index >= 15 is 0 Å². The molecule has 0 spiro atoms. The van der Waals surface area contributed by atoms with E-state index in [1.54, 1.807) is 18.2 Å². The second kappa shape index (κ2) is 6.57. The summed E-state index contributed by atoms with van der Waals surface area (Å²) in [6, 6.07) is 6.98. The molecule has 1 aromatic carbocycles. The average molecular weight is 262 g/mol. The lowest BCUT2D eigenvalue weighted by molar-refractivity contribution is 0.0697. The predicted molar refractivity (Wildman–Crippen MR) is 76.7 cm³/mol. The molecule has 1 unspecified atom stereocenters. The fourth-order valence-corrected chi connectivity index (χ4v) is 2.52. The standard InChI is InChI=1S/C15H22N2O2/c1-12(11-17-7-2-3-8-17)10-16-14-6-4-5-13(9-14)15(18)19/h4-6,9,12,16H,2-3,7-8,10-11H2,1H3,(H,18,19). The van der Waals surface area contributed by atoms with Crippen LogP contribution in [0.5, 0.6) is 0 Å². The summed E-state index contributed by atoms with van der Waals surface area (Å²) in [6.07, 6.45) is 2.64. The van der Waals surface area contributed by atoms with Crippen molar-refractivity contribution < 1.29 is 9.90 Å². The number of benzene rings is 1. The molecule has 19 heavy (non-hydrogen) atoms. The van der Waals surface area contributed by atoms with Crippen molar-refractivity contribution in [1.29, 1.82) is 0 Å². The molecular formula is C15H22N2O2. The SMILES string of the molecule is CC(CNc1cccc(C(=O)O)c1)CN1CCCC1. The summed E-state index contributed by atoms with van der Waals surface area (Å²) in [5.41, 5.74) is 1.21. The smallest absolute Gasteiger partial charge is 0.335 e. The van der Waals surface area contributed by atoms with Crippen LogP contribution in [0.1, 0.15) is 30.1 Å². The number of likely N-dealkylation sites (tertiary alicyclic amines) is 1. The molecule has 4 heteroatoms. The first-order valence-electron chi connectivity index (χ1n) is 6.95. The number of carboxylic acid groups (broad SMARTS) is 1. The minimum atomic E-state index is -0.881. The van der Waals surface area contributed by atoms with Gasteiger partial charge < -0.3 is 15.3 Å². The third-order valence-corrected chi connectivity index (χ3v) is 3.53. The summed E-state index contributed by atoms with van der Waals surface area (Å²) in [7, 11) is 0. The molecule has 1 atom stereocenters. The number of nitrogens with zero attached hydrogens (tertiary/aromatic N) is 1. The monoisotopic (exact) mass is 262 g/mol. The van der Waals surface area contributed by atoms with E-state index in [4.69, 9.17) is 5.11 Å². The number of anilines is 1. The molecular weight excluding hydrogens is 240 g/mol. The molecule has 0 radical (unpaired) electrons. The minimum absolute atomic E-state index is 0.331. The van der Waals surface area contributed by atoms with Crippen LogP contribution in [0.15, 0.2) is 24.3 Å². The van der Waals surface area contributed by atoms with Crippen LogP contribution in [-0.4, -0.2) is 42.2 Å². The summed E-state index contributed by atoms with van der Waals surface area (Å²) >= 11 is 0. The number of carbonyl (C=O) groups is 1. The molecule has 0 amide bonds. The Kier molecular flexibility index (Phi) is 4.80. The Labute approximate surface area is 114 Å². The van der Waals surface area contributed by atoms with Crippen LogP contribution in [0.2, 0.25) is 0 Å². The highest BCUT2D eigenvalue weighted by molar-refractivity contribution is 5.88. The van der Waals surface area contributed by atoms with Crippen LogP contribution in [0.3, 0.4) is 0 Å². The van der Waals surface area contributed by atoms with Gasteiger partial charge in [-0.05, 0) is 50.0 Å². The van der Waals surface area contributed by atoms with Gasteiger partial charge in [0.2, 0.25) is 0 Å². The maximum absolute atomic E-state index is 10.9. The molecule has 0 saturated carbocycles. The van der Waals surface area contributed by atoms with Gasteiger partial charge >= 0.3 is 5.97 Å². The van der Waals surface area contributed by atoms with Crippen molar-refractivity contribution in [3.05, 3.63) is 29.8 Å². The lowest BCUT2D eigenvalue weighted by atomic mass is 10.1. The first-order valence-corrected chi connectivity index (χ1v) is 6.95. The molecule has 1 saturated heterocycles. The third-order valence-electron chi connectivity index (χ3n) is 3.53. The molecule has 1 fully saturated rings. The number of nitrogens with one attached hydrogen (secondary N) is 1. The molecule has 0 bridgehead atoms. The van der Waals surface area contributed by atoms with Gasteiger partial charge in [-0.15, -0.1) is 0 Å². The average Bonchev–Trinajstić information content (AvgIpc) is 2.89. The van der Waals surface area contributed by atoms with Crippen LogP contribution in [0, 0.1) is 5.92 Å². The Morgan fingerprint density at radius 3 is 2.84 bits per heavy atom. The Bertz CT molecular complexity index is 428. The molecule has 0 aromatic heterocycles. The third kappa shape index (κ3) is 4.24. The molecule has 1 heterocycles. The largest absolute Gasteiger partial charge is 0.478 e. The van der Waals surface area contributed by atoms with Gasteiger partial charge in [0, 0.05) is 18.8 Å². The van der Waals surface area contributed by atoms with Crippen LogP contribution in [-0.2, 0) is 0 Å². The lowest BCUT2D eigenvalue weighted by Gasteiger charge is -2.21. The fraction of sp³-hybridized carbons (Fsp3) is 0.533. The van der Waals surface area contributed by atoms with Crippen LogP contribution < -0.4 is 5.32 Å². The van der Waals surface area contributed by atoms with E-state index in [1.807, 2.05) is 6.07 Å². The lowest BCUT2D eigenvalue weighted by Crippen LogP contribution is -2.28. The maximum Gasteiger partial charge on any atom is 0.335 e. The zero-order valence-corrected chi connectivity index (χ0v) is 11.4. The van der Waals surface area contributed by atoms with Crippen molar-refractivity contribution in [1.82, 2.24) is 4.90 Å². The molecule has 1 aliphatic rings. The quantitative estimate of drug-likeness (QED) is 0.827. The maximum atomic E-state index is 10.9. The highest BCUT2D eigenvalue weighted by atomic mass is 16.4. The van der Waals surface area contributed by atoms with E-state index in [1.165, 1.54) is 25.9 Å². The molecule has 104 valence electrons. The van der Waals surface area contributed by atoms with Gasteiger partial charge in [-0.3, -0.25) is 0 Å². The van der Waals surface area contributed by atoms with Crippen LogP contribution in [0.4, 0.5) is 5.69 Å². The van der Waals surface area contributed by atoms with Crippen molar-refractivity contribution in [3.63, 3.8) is 0 Å². The zero-order chi connectivity index (χ0) is 13.7. The van der Waals surface area contributed by atoms with Crippen LogP contribution >= 0.6 is 0 Å². The molecule has 4 nitrogen and oxygen atoms in total. The second-order valence-electron chi connectivity index (χ2n) is 5.38. The first kappa shape index (κ1) is 13.9. The van der Waals surface area contributed by atoms with Crippen molar-refractivity contribution in [3.8, 4) is 0 Å². The second-order valence-corrected chi connectivity index (χ2v) is 5.38. The van der Waals surface area contributed by atoms with Gasteiger partial charge in [0.1, 0.15) is 0 Å². The van der Waals surface area contributed by atoms with Crippen molar-refractivity contribution in [2.45, 2.75) is 19.8 Å². The van der Waals surface area contributed by atoms with Gasteiger partial charge in [0.15, 0.2) is 0 Å². The van der Waals surface area contributed by atoms with Gasteiger partial charge in [-0.1, -0.05) is 13.0 Å². The molecule has 0 aliphatic carbocycles. The molecule has 1 aliphatic heterocycles. The van der Waals surface area contributed by atoms with Crippen LogP contribution in [0.25, 0.3) is 0 Å². The summed E-state index contributed by atoms with van der Waals surface area (Å²) in [5, 5.41) is 12.3. The van der Waals surface area contributed by atoms with Crippen molar-refractivity contribution >= 4 is 11.7 Å². The highest BCUT2D eigenvalue weighted by Gasteiger charge is 2.14. The van der Waals surface area contributed by atoms with Crippen molar-refractivity contribution in [2.24, 2.45) is 5.92 Å². The first-order chi connectivity index (χ1) is 9.15. The Hall–Kier alpha value is -1.55. The van der Waals surface area contributed by atoms with Gasteiger partial charge in [0.05, 0.1) is 5.56 Å². The van der Waals surface area contributed by atoms with Gasteiger partial charge in [-0.25, -0.2) is 4.79 Å². The Morgan fingerprint density at radius 1 is 1.42 bits per heavy atom. The summed E-state index contributed by atoms with van der Waals surface area (Å²) in [4.78, 5) is 13.4. The van der Waals surface area contributed by atoms with E-state index in [0.29, 0.717) is 11.5 Å². The number of aromatic carboxylic acids is 1. The van der Waals surface area contributed by atoms with E-state index < -0.39 is 5.97 Å². The van der Waals surface area contributed by atoms with E-state index in [9.17, 15) is 4.79 Å². The Morgan fingerprint density at radius 2 is 2.16 bits per heavy atom. The highest BCUT2D eigenvalue weighted by Crippen LogP contribution is 2.13. The Balaban J connectivity index is 1.80. The predicted octanol–water partition coefficient (Wildman–Crippen LogP) is 2.53. The normalized spacial score (nSPS) is 17.3. The summed E-state index contributed by atoms with van der Waals surface area (Å²) in [5.74, 6) is -0.319. The van der Waals surface area contributed by atoms with E-state index in [-0.39, 0.29) is 0 Å². The number of hydrogen-bond donors (Lipinski definition) is 2. The topological polar surface area (TPSA) is 52.6 Å². The molecule has 2 N–H and O–H groups in total. The fourth-order valence-electron chi connectivity index (χ4n) is 2.52. The van der Waals surface area contributed by atoms with E-state index in [0.717, 1.165) is 18.8 Å². The molecule has 1 aromatic rings. The van der Waals surface area contributed by atoms with E-state index in [2.05, 4.69) is 17.1 Å². The summed E-state index contributed by atoms with van der Waals surface area (Å²) < 4.78 is 0. The number of hydrogen-bond acceptors (Lipinski definition) is 3. The van der Waals surface area contributed by atoms with Gasteiger partial charge in [-0.2, -0.15) is 0 Å². The minimum Gasteiger partial charge on any atom is -0.478 e.